The van der Waals surface area contributed by atoms with Crippen molar-refractivity contribution in [2.75, 3.05) is 13.7 Å². The lowest BCUT2D eigenvalue weighted by atomic mass is 10.2. The van der Waals surface area contributed by atoms with Crippen molar-refractivity contribution in [2.24, 2.45) is 0 Å². The molecule has 0 radical (unpaired) electrons. The third kappa shape index (κ3) is 5.60. The highest BCUT2D eigenvalue weighted by Gasteiger charge is 2.16. The van der Waals surface area contributed by atoms with Crippen LogP contribution in [-0.4, -0.2) is 30.1 Å². The number of aryl methyl sites for hydroxylation is 1. The van der Waals surface area contributed by atoms with Crippen LogP contribution in [0, 0.1) is 25.2 Å². The molecule has 168 valence electrons. The largest absolute Gasteiger partial charge is 0.493 e. The van der Waals surface area contributed by atoms with Crippen molar-refractivity contribution in [3.63, 3.8) is 0 Å². The van der Waals surface area contributed by atoms with Crippen LogP contribution in [0.4, 0.5) is 0 Å². The van der Waals surface area contributed by atoms with E-state index in [1.807, 2.05) is 54.8 Å². The number of rotatable bonds is 7. The number of nitrogens with one attached hydrogen (secondary N) is 2. The number of carbonyl (C=O) groups excluding carboxylic acids is 2. The lowest BCUT2D eigenvalue weighted by Crippen LogP contribution is -2.40. The number of ether oxygens (including phenoxy) is 2. The Bertz CT molecular complexity index is 1220. The Hall–Kier alpha value is -4.51. The van der Waals surface area contributed by atoms with Gasteiger partial charge < -0.3 is 14.0 Å². The number of hydrogen-bond acceptors (Lipinski definition) is 5. The fraction of sp³-hybridized carbons (Fsp3) is 0.160. The number of nitriles is 1. The summed E-state index contributed by atoms with van der Waals surface area (Å²) < 4.78 is 12.5. The topological polar surface area (TPSA) is 105 Å². The van der Waals surface area contributed by atoms with Gasteiger partial charge in [-0.1, -0.05) is 24.3 Å². The summed E-state index contributed by atoms with van der Waals surface area (Å²) >= 11 is 0. The first-order chi connectivity index (χ1) is 15.9. The number of methoxy groups -OCH3 is 1. The minimum atomic E-state index is -0.496. The zero-order chi connectivity index (χ0) is 23.8. The second-order valence-corrected chi connectivity index (χ2v) is 7.09. The summed E-state index contributed by atoms with van der Waals surface area (Å²) in [6.45, 7) is 3.68. The Morgan fingerprint density at radius 2 is 1.82 bits per heavy atom. The Labute approximate surface area is 192 Å². The maximum Gasteiger partial charge on any atom is 0.271 e. The summed E-state index contributed by atoms with van der Waals surface area (Å²) in [7, 11) is 1.49. The van der Waals surface area contributed by atoms with E-state index in [1.165, 1.54) is 13.2 Å². The van der Waals surface area contributed by atoms with Crippen LogP contribution in [0.2, 0.25) is 0 Å². The van der Waals surface area contributed by atoms with E-state index < -0.39 is 11.8 Å². The quantitative estimate of drug-likeness (QED) is 0.429. The number of aromatic nitrogens is 1. The van der Waals surface area contributed by atoms with Gasteiger partial charge in [0.25, 0.3) is 11.8 Å². The summed E-state index contributed by atoms with van der Waals surface area (Å²) in [6.07, 6.45) is 2.86. The SMILES string of the molecule is COc1cc(/C=C/C(=O)NNC(=O)c2cc(C)n(-c3ccccc3)c2C)ccc1OCC#N. The van der Waals surface area contributed by atoms with E-state index in [-0.39, 0.29) is 6.61 Å². The van der Waals surface area contributed by atoms with Gasteiger partial charge in [-0.15, -0.1) is 0 Å². The Kier molecular flexibility index (Phi) is 7.50. The molecule has 0 aliphatic rings. The predicted molar refractivity (Wildman–Crippen MR) is 124 cm³/mol. The molecule has 1 aromatic heterocycles. The van der Waals surface area contributed by atoms with Crippen LogP contribution in [0.1, 0.15) is 27.3 Å². The maximum atomic E-state index is 12.6. The van der Waals surface area contributed by atoms with E-state index in [0.29, 0.717) is 22.6 Å². The van der Waals surface area contributed by atoms with Crippen molar-refractivity contribution in [3.8, 4) is 23.3 Å². The monoisotopic (exact) mass is 444 g/mol. The number of hydrogen-bond donors (Lipinski definition) is 2. The third-order valence-corrected chi connectivity index (χ3v) is 4.90. The molecule has 33 heavy (non-hydrogen) atoms. The molecule has 0 saturated carbocycles. The highest BCUT2D eigenvalue weighted by atomic mass is 16.5. The van der Waals surface area contributed by atoms with Crippen LogP contribution in [0.25, 0.3) is 11.8 Å². The van der Waals surface area contributed by atoms with Crippen LogP contribution < -0.4 is 20.3 Å². The molecule has 0 aliphatic carbocycles. The Balaban J connectivity index is 1.63. The molecule has 0 spiro atoms. The minimum absolute atomic E-state index is 0.0959. The minimum Gasteiger partial charge on any atom is -0.493 e. The number of benzene rings is 2. The molecule has 3 rings (SSSR count). The van der Waals surface area contributed by atoms with Gasteiger partial charge in [-0.05, 0) is 55.8 Å². The summed E-state index contributed by atoms with van der Waals surface area (Å²) in [4.78, 5) is 24.8. The van der Waals surface area contributed by atoms with Gasteiger partial charge in [-0.2, -0.15) is 5.26 Å². The lowest BCUT2D eigenvalue weighted by molar-refractivity contribution is -0.117. The van der Waals surface area contributed by atoms with Crippen molar-refractivity contribution >= 4 is 17.9 Å². The van der Waals surface area contributed by atoms with E-state index in [4.69, 9.17) is 14.7 Å². The molecule has 8 nitrogen and oxygen atoms in total. The number of para-hydroxylation sites is 1. The van der Waals surface area contributed by atoms with Crippen molar-refractivity contribution in [3.05, 3.63) is 83.2 Å². The Morgan fingerprint density at radius 1 is 1.06 bits per heavy atom. The predicted octanol–water partition coefficient (Wildman–Crippen LogP) is 3.48. The summed E-state index contributed by atoms with van der Waals surface area (Å²) in [5.74, 6) is -0.0346. The van der Waals surface area contributed by atoms with Gasteiger partial charge in [0, 0.05) is 23.2 Å². The van der Waals surface area contributed by atoms with Crippen LogP contribution in [0.5, 0.6) is 11.5 Å². The number of hydrazine groups is 1. The van der Waals surface area contributed by atoms with Gasteiger partial charge in [-0.3, -0.25) is 20.4 Å². The van der Waals surface area contributed by atoms with Gasteiger partial charge in [-0.25, -0.2) is 0 Å². The van der Waals surface area contributed by atoms with Gasteiger partial charge in [0.2, 0.25) is 0 Å². The fourth-order valence-corrected chi connectivity index (χ4v) is 3.38. The molecule has 1 heterocycles. The first-order valence-corrected chi connectivity index (χ1v) is 10.1. The third-order valence-electron chi connectivity index (χ3n) is 4.90. The molecule has 0 fully saturated rings. The highest BCUT2D eigenvalue weighted by molar-refractivity contribution is 5.99. The fourth-order valence-electron chi connectivity index (χ4n) is 3.38. The highest BCUT2D eigenvalue weighted by Crippen LogP contribution is 2.28. The van der Waals surface area contributed by atoms with E-state index >= 15 is 0 Å². The molecule has 8 heteroatoms. The standard InChI is InChI=1S/C25H24N4O4/c1-17-15-21(18(2)29(17)20-7-5-4-6-8-20)25(31)28-27-24(30)12-10-19-9-11-22(33-14-13-26)23(16-19)32-3/h4-12,15-16H,14H2,1-3H3,(H,27,30)(H,28,31)/b12-10+. The zero-order valence-electron chi connectivity index (χ0n) is 18.6. The molecule has 0 atom stereocenters. The van der Waals surface area contributed by atoms with Crippen molar-refractivity contribution in [2.45, 2.75) is 13.8 Å². The first-order valence-electron chi connectivity index (χ1n) is 10.1. The second-order valence-electron chi connectivity index (χ2n) is 7.09. The van der Waals surface area contributed by atoms with E-state index in [1.54, 1.807) is 30.3 Å². The summed E-state index contributed by atoms with van der Waals surface area (Å²) in [5.41, 5.74) is 8.62. The summed E-state index contributed by atoms with van der Waals surface area (Å²) in [6, 6.07) is 18.4. The van der Waals surface area contributed by atoms with E-state index in [0.717, 1.165) is 17.1 Å². The molecular weight excluding hydrogens is 420 g/mol. The number of carbonyl (C=O) groups is 2. The van der Waals surface area contributed by atoms with Crippen LogP contribution in [0.15, 0.2) is 60.7 Å². The van der Waals surface area contributed by atoms with E-state index in [2.05, 4.69) is 10.9 Å². The maximum absolute atomic E-state index is 12.6. The molecule has 2 aromatic carbocycles. The van der Waals surface area contributed by atoms with Crippen LogP contribution in [0.3, 0.4) is 0 Å². The van der Waals surface area contributed by atoms with E-state index in [9.17, 15) is 9.59 Å². The summed E-state index contributed by atoms with van der Waals surface area (Å²) in [5, 5.41) is 8.63. The average Bonchev–Trinajstić information content (AvgIpc) is 3.14. The number of nitrogens with zero attached hydrogens (tertiary/aromatic N) is 2. The lowest BCUT2D eigenvalue weighted by Gasteiger charge is -2.10. The number of amides is 2. The van der Waals surface area contributed by atoms with Crippen LogP contribution >= 0.6 is 0 Å². The molecule has 2 N–H and O–H groups in total. The van der Waals surface area contributed by atoms with Crippen molar-refractivity contribution < 1.29 is 19.1 Å². The smallest absolute Gasteiger partial charge is 0.271 e. The zero-order valence-corrected chi connectivity index (χ0v) is 18.6. The van der Waals surface area contributed by atoms with Crippen molar-refractivity contribution in [1.29, 1.82) is 5.26 Å². The first kappa shape index (κ1) is 23.2. The van der Waals surface area contributed by atoms with Gasteiger partial charge in [0.15, 0.2) is 18.1 Å². The molecule has 0 bridgehead atoms. The molecule has 3 aromatic rings. The molecule has 0 unspecified atom stereocenters. The molecule has 0 aliphatic heterocycles. The second kappa shape index (κ2) is 10.7. The molecule has 2 amide bonds. The van der Waals surface area contributed by atoms with Crippen molar-refractivity contribution in [1.82, 2.24) is 15.4 Å². The molecular formula is C25H24N4O4. The van der Waals surface area contributed by atoms with Crippen LogP contribution in [-0.2, 0) is 4.79 Å². The van der Waals surface area contributed by atoms with Gasteiger partial charge in [0.05, 0.1) is 12.7 Å². The normalized spacial score (nSPS) is 10.5. The van der Waals surface area contributed by atoms with Gasteiger partial charge in [0.1, 0.15) is 6.07 Å². The average molecular weight is 444 g/mol. The Morgan fingerprint density at radius 3 is 2.52 bits per heavy atom. The molecule has 0 saturated heterocycles. The van der Waals surface area contributed by atoms with Gasteiger partial charge >= 0.3 is 0 Å².